The molecule has 1 aliphatic heterocycles. The van der Waals surface area contributed by atoms with Crippen LogP contribution in [0.5, 0.6) is 0 Å². The van der Waals surface area contributed by atoms with Gasteiger partial charge < -0.3 is 15.4 Å². The second-order valence-corrected chi connectivity index (χ2v) is 6.71. The highest BCUT2D eigenvalue weighted by Crippen LogP contribution is 2.40. The van der Waals surface area contributed by atoms with Gasteiger partial charge in [-0.05, 0) is 38.7 Å². The molecule has 5 heteroatoms. The molecule has 1 aliphatic carbocycles. The number of hydrogen-bond donors (Lipinski definition) is 1. The summed E-state index contributed by atoms with van der Waals surface area (Å²) in [6, 6.07) is 1.96. The van der Waals surface area contributed by atoms with Crippen LogP contribution in [-0.2, 0) is 4.74 Å². The minimum Gasteiger partial charge on any atom is -0.397 e. The van der Waals surface area contributed by atoms with Crippen molar-refractivity contribution in [2.45, 2.75) is 38.7 Å². The van der Waals surface area contributed by atoms with E-state index in [0.717, 1.165) is 55.3 Å². The fourth-order valence-electron chi connectivity index (χ4n) is 2.68. The summed E-state index contributed by atoms with van der Waals surface area (Å²) < 4.78 is 5.70. The zero-order valence-corrected chi connectivity index (χ0v) is 12.7. The molecule has 4 nitrogen and oxygen atoms in total. The highest BCUT2D eigenvalue weighted by Gasteiger charge is 2.33. The van der Waals surface area contributed by atoms with E-state index in [1.54, 1.807) is 11.3 Å². The SMILES string of the molecule is CCN(CC1CCCO1)c1cc(N)c(C(=O)C2CC2)s1. The van der Waals surface area contributed by atoms with Gasteiger partial charge in [0, 0.05) is 25.6 Å². The number of nitrogens with zero attached hydrogens (tertiary/aromatic N) is 1. The van der Waals surface area contributed by atoms with Crippen molar-refractivity contribution in [2.75, 3.05) is 30.3 Å². The minimum absolute atomic E-state index is 0.233. The lowest BCUT2D eigenvalue weighted by molar-refractivity contribution is 0.0972. The maximum absolute atomic E-state index is 12.2. The molecule has 2 heterocycles. The van der Waals surface area contributed by atoms with Crippen molar-refractivity contribution < 1.29 is 9.53 Å². The molecule has 1 aromatic heterocycles. The Hall–Kier alpha value is -1.07. The molecular formula is C15H22N2O2S. The predicted octanol–water partition coefficient (Wildman–Crippen LogP) is 2.93. The Bertz CT molecular complexity index is 490. The fourth-order valence-corrected chi connectivity index (χ4v) is 3.85. The molecule has 0 spiro atoms. The normalized spacial score (nSPS) is 22.1. The average molecular weight is 294 g/mol. The van der Waals surface area contributed by atoms with Crippen molar-refractivity contribution in [2.24, 2.45) is 5.92 Å². The molecule has 0 aromatic carbocycles. The van der Waals surface area contributed by atoms with Crippen molar-refractivity contribution in [3.63, 3.8) is 0 Å². The van der Waals surface area contributed by atoms with Crippen LogP contribution >= 0.6 is 11.3 Å². The molecule has 2 aliphatic rings. The number of ketones is 1. The molecule has 1 aromatic rings. The Morgan fingerprint density at radius 1 is 1.50 bits per heavy atom. The third-order valence-corrected chi connectivity index (χ3v) is 5.29. The molecule has 2 fully saturated rings. The molecule has 20 heavy (non-hydrogen) atoms. The van der Waals surface area contributed by atoms with Crippen LogP contribution in [0.2, 0.25) is 0 Å². The highest BCUT2D eigenvalue weighted by molar-refractivity contribution is 7.18. The number of ether oxygens (including phenoxy) is 1. The lowest BCUT2D eigenvalue weighted by Crippen LogP contribution is -2.31. The maximum atomic E-state index is 12.2. The standard InChI is InChI=1S/C15H22N2O2S/c1-2-17(9-11-4-3-7-19-11)13-8-12(16)15(20-13)14(18)10-5-6-10/h8,10-11H,2-7,9,16H2,1H3. The number of hydrogen-bond acceptors (Lipinski definition) is 5. The first-order chi connectivity index (χ1) is 9.69. The molecule has 0 amide bonds. The van der Waals surface area contributed by atoms with E-state index >= 15 is 0 Å². The Kier molecular flexibility index (Phi) is 3.98. The second kappa shape index (κ2) is 5.74. The van der Waals surface area contributed by atoms with E-state index in [4.69, 9.17) is 10.5 Å². The van der Waals surface area contributed by atoms with Crippen LogP contribution in [0, 0.1) is 5.92 Å². The minimum atomic E-state index is 0.233. The number of nitrogen functional groups attached to an aromatic ring is 1. The van der Waals surface area contributed by atoms with Crippen LogP contribution in [0.4, 0.5) is 10.7 Å². The zero-order chi connectivity index (χ0) is 14.1. The van der Waals surface area contributed by atoms with Crippen LogP contribution < -0.4 is 10.6 Å². The van der Waals surface area contributed by atoms with E-state index in [2.05, 4.69) is 11.8 Å². The van der Waals surface area contributed by atoms with Gasteiger partial charge in [0.25, 0.3) is 0 Å². The number of thiophene rings is 1. The van der Waals surface area contributed by atoms with E-state index in [-0.39, 0.29) is 11.7 Å². The molecule has 0 radical (unpaired) electrons. The van der Waals surface area contributed by atoms with Gasteiger partial charge in [-0.1, -0.05) is 0 Å². The summed E-state index contributed by atoms with van der Waals surface area (Å²) in [5.74, 6) is 0.476. The predicted molar refractivity (Wildman–Crippen MR) is 82.6 cm³/mol. The van der Waals surface area contributed by atoms with Crippen molar-refractivity contribution in [1.82, 2.24) is 0 Å². The third-order valence-electron chi connectivity index (χ3n) is 4.06. The number of anilines is 2. The van der Waals surface area contributed by atoms with E-state index in [0.29, 0.717) is 11.8 Å². The summed E-state index contributed by atoms with van der Waals surface area (Å²) in [6.07, 6.45) is 4.66. The quantitative estimate of drug-likeness (QED) is 0.820. The lowest BCUT2D eigenvalue weighted by atomic mass is 10.2. The Morgan fingerprint density at radius 3 is 2.90 bits per heavy atom. The van der Waals surface area contributed by atoms with Gasteiger partial charge in [-0.15, -0.1) is 11.3 Å². The molecule has 1 saturated heterocycles. The van der Waals surface area contributed by atoms with E-state index in [1.807, 2.05) is 6.07 Å². The monoisotopic (exact) mass is 294 g/mol. The lowest BCUT2D eigenvalue weighted by Gasteiger charge is -2.24. The molecule has 1 saturated carbocycles. The number of rotatable bonds is 6. The van der Waals surface area contributed by atoms with Crippen molar-refractivity contribution >= 4 is 27.8 Å². The summed E-state index contributed by atoms with van der Waals surface area (Å²) in [6.45, 7) is 4.82. The maximum Gasteiger partial charge on any atom is 0.178 e. The van der Waals surface area contributed by atoms with Gasteiger partial charge in [-0.2, -0.15) is 0 Å². The van der Waals surface area contributed by atoms with Gasteiger partial charge in [0.1, 0.15) is 0 Å². The van der Waals surface area contributed by atoms with Gasteiger partial charge in [-0.25, -0.2) is 0 Å². The first-order valence-corrected chi connectivity index (χ1v) is 8.30. The van der Waals surface area contributed by atoms with Gasteiger partial charge in [-0.3, -0.25) is 4.79 Å². The molecule has 1 atom stereocenters. The Labute approximate surface area is 123 Å². The van der Waals surface area contributed by atoms with Crippen LogP contribution in [0.3, 0.4) is 0 Å². The first-order valence-electron chi connectivity index (χ1n) is 7.49. The molecule has 1 unspecified atom stereocenters. The molecule has 110 valence electrons. The number of carbonyl (C=O) groups excluding carboxylic acids is 1. The van der Waals surface area contributed by atoms with Crippen LogP contribution in [0.1, 0.15) is 42.3 Å². The second-order valence-electron chi connectivity index (χ2n) is 5.68. The number of Topliss-reactive ketones (excluding diaryl/α,β-unsaturated/α-hetero) is 1. The Morgan fingerprint density at radius 2 is 2.30 bits per heavy atom. The molecule has 0 bridgehead atoms. The van der Waals surface area contributed by atoms with E-state index in [1.165, 1.54) is 0 Å². The average Bonchev–Trinajstić information content (AvgIpc) is 3.04. The summed E-state index contributed by atoms with van der Waals surface area (Å²) in [4.78, 5) is 15.2. The van der Waals surface area contributed by atoms with Gasteiger partial charge in [0.2, 0.25) is 0 Å². The van der Waals surface area contributed by atoms with Crippen molar-refractivity contribution in [3.8, 4) is 0 Å². The van der Waals surface area contributed by atoms with Crippen LogP contribution in [-0.4, -0.2) is 31.6 Å². The summed E-state index contributed by atoms with van der Waals surface area (Å²) >= 11 is 1.55. The summed E-state index contributed by atoms with van der Waals surface area (Å²) in [7, 11) is 0. The number of likely N-dealkylation sites (N-methyl/N-ethyl adjacent to an activating group) is 1. The molecule has 3 rings (SSSR count). The fraction of sp³-hybridized carbons (Fsp3) is 0.667. The van der Waals surface area contributed by atoms with Gasteiger partial charge in [0.15, 0.2) is 5.78 Å². The van der Waals surface area contributed by atoms with Crippen LogP contribution in [0.15, 0.2) is 6.07 Å². The number of nitrogens with two attached hydrogens (primary N) is 1. The summed E-state index contributed by atoms with van der Waals surface area (Å²) in [5, 5.41) is 1.10. The van der Waals surface area contributed by atoms with E-state index < -0.39 is 0 Å². The molecule has 2 N–H and O–H groups in total. The Balaban J connectivity index is 1.73. The van der Waals surface area contributed by atoms with Crippen molar-refractivity contribution in [1.29, 1.82) is 0 Å². The smallest absolute Gasteiger partial charge is 0.178 e. The van der Waals surface area contributed by atoms with Crippen LogP contribution in [0.25, 0.3) is 0 Å². The highest BCUT2D eigenvalue weighted by atomic mass is 32.1. The van der Waals surface area contributed by atoms with Crippen molar-refractivity contribution in [3.05, 3.63) is 10.9 Å². The number of carbonyl (C=O) groups is 1. The zero-order valence-electron chi connectivity index (χ0n) is 11.9. The van der Waals surface area contributed by atoms with E-state index in [9.17, 15) is 4.79 Å². The largest absolute Gasteiger partial charge is 0.397 e. The third kappa shape index (κ3) is 2.83. The topological polar surface area (TPSA) is 55.6 Å². The first kappa shape index (κ1) is 13.9. The molecular weight excluding hydrogens is 272 g/mol. The van der Waals surface area contributed by atoms with Gasteiger partial charge in [0.05, 0.1) is 21.7 Å². The van der Waals surface area contributed by atoms with Gasteiger partial charge >= 0.3 is 0 Å². The summed E-state index contributed by atoms with van der Waals surface area (Å²) in [5.41, 5.74) is 6.69.